The minimum Gasteiger partial charge on any atom is -0.462 e. The minimum atomic E-state index is -0.791. The average molecular weight is 1010 g/mol. The third kappa shape index (κ3) is 57.7. The first-order chi connectivity index (χ1) is 35.5. The highest BCUT2D eigenvalue weighted by atomic mass is 16.6. The van der Waals surface area contributed by atoms with Crippen LogP contribution in [0.25, 0.3) is 0 Å². The van der Waals surface area contributed by atoms with Crippen LogP contribution in [0.4, 0.5) is 0 Å². The molecule has 0 radical (unpaired) electrons. The molecule has 0 aromatic carbocycles. The Morgan fingerprint density at radius 1 is 0.292 bits per heavy atom. The molecule has 0 saturated heterocycles. The highest BCUT2D eigenvalue weighted by Gasteiger charge is 2.19. The molecule has 1 unspecified atom stereocenters. The van der Waals surface area contributed by atoms with E-state index in [2.05, 4.69) is 93.7 Å². The zero-order valence-corrected chi connectivity index (χ0v) is 47.7. The van der Waals surface area contributed by atoms with Gasteiger partial charge in [0.05, 0.1) is 0 Å². The van der Waals surface area contributed by atoms with Crippen LogP contribution in [0, 0.1) is 0 Å². The Bertz CT molecular complexity index is 1340. The van der Waals surface area contributed by atoms with Crippen LogP contribution in [0.5, 0.6) is 0 Å². The number of unbranched alkanes of at least 4 members (excludes halogenated alkanes) is 33. The Hall–Kier alpha value is -3.15. The maximum absolute atomic E-state index is 12.9. The zero-order valence-electron chi connectivity index (χ0n) is 47.7. The summed E-state index contributed by atoms with van der Waals surface area (Å²) in [5.41, 5.74) is 0. The Kier molecular flexibility index (Phi) is 57.8. The zero-order chi connectivity index (χ0) is 52.2. The van der Waals surface area contributed by atoms with E-state index in [0.29, 0.717) is 19.3 Å². The molecular weight excluding hydrogens is 889 g/mol. The number of carbonyl (C=O) groups is 3. The number of carbonyl (C=O) groups excluding carboxylic acids is 3. The second-order valence-electron chi connectivity index (χ2n) is 20.6. The van der Waals surface area contributed by atoms with Crippen molar-refractivity contribution in [3.8, 4) is 0 Å². The molecule has 0 heterocycles. The van der Waals surface area contributed by atoms with Gasteiger partial charge in [-0.05, 0) is 89.9 Å². The van der Waals surface area contributed by atoms with Crippen molar-refractivity contribution in [2.24, 2.45) is 0 Å². The summed E-state index contributed by atoms with van der Waals surface area (Å²) < 4.78 is 16.9. The van der Waals surface area contributed by atoms with Crippen molar-refractivity contribution in [3.63, 3.8) is 0 Å². The molecule has 0 amide bonds. The molecular formula is C66H116O6. The van der Waals surface area contributed by atoms with Gasteiger partial charge in [-0.25, -0.2) is 0 Å². The summed E-state index contributed by atoms with van der Waals surface area (Å²) in [6.07, 6.45) is 77.5. The monoisotopic (exact) mass is 1000 g/mol. The molecule has 0 N–H and O–H groups in total. The van der Waals surface area contributed by atoms with Crippen LogP contribution in [-0.2, 0) is 28.6 Å². The largest absolute Gasteiger partial charge is 0.462 e. The van der Waals surface area contributed by atoms with E-state index in [4.69, 9.17) is 14.2 Å². The normalized spacial score (nSPS) is 12.5. The summed E-state index contributed by atoms with van der Waals surface area (Å²) in [5.74, 6) is -0.903. The quantitative estimate of drug-likeness (QED) is 0.0261. The Balaban J connectivity index is 4.39. The van der Waals surface area contributed by atoms with Gasteiger partial charge in [0.25, 0.3) is 0 Å². The van der Waals surface area contributed by atoms with Gasteiger partial charge in [0, 0.05) is 19.3 Å². The molecule has 0 rings (SSSR count). The highest BCUT2D eigenvalue weighted by molar-refractivity contribution is 5.71. The molecule has 0 aromatic rings. The van der Waals surface area contributed by atoms with Gasteiger partial charge < -0.3 is 14.2 Å². The summed E-state index contributed by atoms with van der Waals surface area (Å²) in [7, 11) is 0. The van der Waals surface area contributed by atoms with Gasteiger partial charge in [-0.15, -0.1) is 0 Å². The molecule has 0 bridgehead atoms. The first-order valence-electron chi connectivity index (χ1n) is 30.9. The molecule has 0 aliphatic carbocycles. The Morgan fingerprint density at radius 2 is 0.542 bits per heavy atom. The standard InChI is InChI=1S/C66H116O6/c1-4-7-10-13-16-19-22-25-28-31-32-33-36-38-41-44-47-50-53-56-59-65(68)71-62-63(72-66(69)60-57-54-51-48-45-42-39-35-30-27-24-21-18-15-12-9-6-3)61-70-64(67)58-55-52-49-46-43-40-37-34-29-26-23-20-17-14-11-8-5-2/h9,12,17-18,20-21,26-27,29-30,39,42,63H,4-8,10-11,13-16,19,22-25,28,31-38,40-41,43-62H2,1-3H3/b12-9-,20-17-,21-18-,29-26-,30-27-,42-39-. The van der Waals surface area contributed by atoms with E-state index in [0.717, 1.165) is 109 Å². The number of hydrogen-bond donors (Lipinski definition) is 0. The van der Waals surface area contributed by atoms with Gasteiger partial charge in [0.1, 0.15) is 13.2 Å². The van der Waals surface area contributed by atoms with E-state index in [9.17, 15) is 14.4 Å². The third-order valence-corrected chi connectivity index (χ3v) is 13.4. The van der Waals surface area contributed by atoms with Crippen molar-refractivity contribution >= 4 is 17.9 Å². The van der Waals surface area contributed by atoms with E-state index in [1.54, 1.807) is 0 Å². The van der Waals surface area contributed by atoms with E-state index >= 15 is 0 Å². The second-order valence-corrected chi connectivity index (χ2v) is 20.6. The van der Waals surface area contributed by atoms with E-state index in [-0.39, 0.29) is 31.1 Å². The van der Waals surface area contributed by atoms with Crippen LogP contribution in [-0.4, -0.2) is 37.2 Å². The fourth-order valence-corrected chi connectivity index (χ4v) is 8.82. The van der Waals surface area contributed by atoms with E-state index < -0.39 is 6.10 Å². The average Bonchev–Trinajstić information content (AvgIpc) is 3.38. The fourth-order valence-electron chi connectivity index (χ4n) is 8.82. The lowest BCUT2D eigenvalue weighted by molar-refractivity contribution is -0.167. The fraction of sp³-hybridized carbons (Fsp3) is 0.773. The number of rotatable bonds is 56. The Labute approximate surface area is 446 Å². The third-order valence-electron chi connectivity index (χ3n) is 13.4. The summed E-state index contributed by atoms with van der Waals surface area (Å²) in [6.45, 7) is 6.51. The molecule has 6 heteroatoms. The molecule has 0 saturated carbocycles. The maximum Gasteiger partial charge on any atom is 0.306 e. The van der Waals surface area contributed by atoms with Crippen LogP contribution in [0.2, 0.25) is 0 Å². The lowest BCUT2D eigenvalue weighted by atomic mass is 10.0. The van der Waals surface area contributed by atoms with Crippen LogP contribution in [0.3, 0.4) is 0 Å². The van der Waals surface area contributed by atoms with E-state index in [1.165, 1.54) is 161 Å². The summed E-state index contributed by atoms with van der Waals surface area (Å²) in [4.78, 5) is 38.3. The smallest absolute Gasteiger partial charge is 0.306 e. The second kappa shape index (κ2) is 60.4. The van der Waals surface area contributed by atoms with Crippen LogP contribution >= 0.6 is 0 Å². The van der Waals surface area contributed by atoms with Crippen LogP contribution < -0.4 is 0 Å². The predicted molar refractivity (Wildman–Crippen MR) is 311 cm³/mol. The van der Waals surface area contributed by atoms with Crippen molar-refractivity contribution in [3.05, 3.63) is 72.9 Å². The summed E-state index contributed by atoms with van der Waals surface area (Å²) in [6, 6.07) is 0. The highest BCUT2D eigenvalue weighted by Crippen LogP contribution is 2.17. The van der Waals surface area contributed by atoms with Crippen LogP contribution in [0.1, 0.15) is 310 Å². The van der Waals surface area contributed by atoms with Gasteiger partial charge in [-0.3, -0.25) is 14.4 Å². The first kappa shape index (κ1) is 68.8. The molecule has 0 aliphatic heterocycles. The van der Waals surface area contributed by atoms with Gasteiger partial charge in [-0.1, -0.05) is 273 Å². The molecule has 72 heavy (non-hydrogen) atoms. The minimum absolute atomic E-state index is 0.0854. The summed E-state index contributed by atoms with van der Waals surface area (Å²) in [5, 5.41) is 0. The van der Waals surface area contributed by atoms with Crippen LogP contribution in [0.15, 0.2) is 72.9 Å². The molecule has 6 nitrogen and oxygen atoms in total. The van der Waals surface area contributed by atoms with Gasteiger partial charge in [-0.2, -0.15) is 0 Å². The number of hydrogen-bond acceptors (Lipinski definition) is 6. The van der Waals surface area contributed by atoms with Crippen molar-refractivity contribution < 1.29 is 28.6 Å². The SMILES string of the molecule is CC/C=C\C/C=C\C/C=C\C/C=C\CCCCCCC(=O)OC(COC(=O)CCCCCCCCC/C=C\C/C=C\CCCCC)COC(=O)CCCCCCCCCCCCCCCCCCCCCC. The molecule has 0 fully saturated rings. The molecule has 0 aromatic heterocycles. The topological polar surface area (TPSA) is 78.9 Å². The van der Waals surface area contributed by atoms with Gasteiger partial charge in [0.15, 0.2) is 6.10 Å². The lowest BCUT2D eigenvalue weighted by Crippen LogP contribution is -2.30. The molecule has 0 aliphatic rings. The maximum atomic E-state index is 12.9. The number of allylic oxidation sites excluding steroid dienone is 12. The number of esters is 3. The summed E-state index contributed by atoms with van der Waals surface area (Å²) >= 11 is 0. The van der Waals surface area contributed by atoms with Crippen molar-refractivity contribution in [2.45, 2.75) is 316 Å². The lowest BCUT2D eigenvalue weighted by Gasteiger charge is -2.18. The van der Waals surface area contributed by atoms with Crippen molar-refractivity contribution in [2.75, 3.05) is 13.2 Å². The van der Waals surface area contributed by atoms with Crippen molar-refractivity contribution in [1.82, 2.24) is 0 Å². The molecule has 416 valence electrons. The molecule has 0 spiro atoms. The van der Waals surface area contributed by atoms with Gasteiger partial charge in [0.2, 0.25) is 0 Å². The van der Waals surface area contributed by atoms with Crippen molar-refractivity contribution in [1.29, 1.82) is 0 Å². The number of ether oxygens (including phenoxy) is 3. The first-order valence-corrected chi connectivity index (χ1v) is 30.9. The van der Waals surface area contributed by atoms with E-state index in [1.807, 2.05) is 0 Å². The predicted octanol–water partition coefficient (Wildman–Crippen LogP) is 20.9. The molecule has 1 atom stereocenters. The van der Waals surface area contributed by atoms with Gasteiger partial charge >= 0.3 is 17.9 Å². The Morgan fingerprint density at radius 3 is 0.875 bits per heavy atom.